The van der Waals surface area contributed by atoms with Gasteiger partial charge in [-0.2, -0.15) is 0 Å². The molecule has 0 unspecified atom stereocenters. The molecule has 40 heavy (non-hydrogen) atoms. The second-order valence-electron chi connectivity index (χ2n) is 9.87. The summed E-state index contributed by atoms with van der Waals surface area (Å²) in [6, 6.07) is 17.4. The predicted octanol–water partition coefficient (Wildman–Crippen LogP) is 6.00. The second kappa shape index (κ2) is 13.5. The van der Waals surface area contributed by atoms with Crippen LogP contribution in [0, 0.1) is 6.92 Å². The van der Waals surface area contributed by atoms with E-state index in [1.807, 2.05) is 39.8 Å². The van der Waals surface area contributed by atoms with Crippen LogP contribution in [0.5, 0.6) is 0 Å². The maximum absolute atomic E-state index is 14.1. The smallest absolute Gasteiger partial charge is 0.264 e. The Labute approximate surface area is 247 Å². The zero-order valence-corrected chi connectivity index (χ0v) is 25.6. The van der Waals surface area contributed by atoms with E-state index in [0.29, 0.717) is 27.7 Å². The number of sulfonamides is 1. The molecule has 0 aliphatic heterocycles. The molecule has 2 amide bonds. The predicted molar refractivity (Wildman–Crippen MR) is 161 cm³/mol. The molecule has 1 atom stereocenters. The highest BCUT2D eigenvalue weighted by Crippen LogP contribution is 2.30. The molecule has 0 radical (unpaired) electrons. The van der Waals surface area contributed by atoms with Crippen molar-refractivity contribution >= 4 is 50.7 Å². The molecule has 3 aromatic carbocycles. The molecule has 3 aromatic rings. The molecule has 0 saturated heterocycles. The van der Waals surface area contributed by atoms with Crippen LogP contribution in [0.25, 0.3) is 0 Å². The van der Waals surface area contributed by atoms with Crippen LogP contribution in [0.15, 0.2) is 71.6 Å². The van der Waals surface area contributed by atoms with Gasteiger partial charge < -0.3 is 10.2 Å². The van der Waals surface area contributed by atoms with Gasteiger partial charge in [-0.25, -0.2) is 8.42 Å². The molecule has 3 rings (SSSR count). The number of hydrogen-bond acceptors (Lipinski definition) is 4. The first kappa shape index (κ1) is 31.5. The van der Waals surface area contributed by atoms with E-state index in [-0.39, 0.29) is 23.4 Å². The van der Waals surface area contributed by atoms with Gasteiger partial charge in [-0.3, -0.25) is 13.9 Å². The lowest BCUT2D eigenvalue weighted by molar-refractivity contribution is -0.139. The fourth-order valence-corrected chi connectivity index (χ4v) is 6.21. The molecule has 0 fully saturated rings. The topological polar surface area (TPSA) is 86.8 Å². The van der Waals surface area contributed by atoms with Crippen molar-refractivity contribution in [2.45, 2.75) is 64.6 Å². The largest absolute Gasteiger partial charge is 0.352 e. The molecule has 0 aromatic heterocycles. The summed E-state index contributed by atoms with van der Waals surface area (Å²) in [7, 11) is -4.15. The maximum atomic E-state index is 14.1. The van der Waals surface area contributed by atoms with E-state index < -0.39 is 28.5 Å². The SMILES string of the molecule is CCc1ccccc1N(CC(=O)N(Cc1c(Cl)cccc1Cl)[C@H](C)C(=O)NC(C)C)S(=O)(=O)c1ccc(C)cc1. The van der Waals surface area contributed by atoms with Crippen LogP contribution < -0.4 is 9.62 Å². The Bertz CT molecular complexity index is 1440. The van der Waals surface area contributed by atoms with Gasteiger partial charge in [0.2, 0.25) is 11.8 Å². The number of nitrogens with zero attached hydrogens (tertiary/aromatic N) is 2. The monoisotopic (exact) mass is 603 g/mol. The molecule has 0 heterocycles. The summed E-state index contributed by atoms with van der Waals surface area (Å²) in [5.74, 6) is -0.961. The average Bonchev–Trinajstić information content (AvgIpc) is 2.91. The molecule has 1 N–H and O–H groups in total. The number of amides is 2. The van der Waals surface area contributed by atoms with E-state index in [9.17, 15) is 18.0 Å². The molecule has 7 nitrogen and oxygen atoms in total. The van der Waals surface area contributed by atoms with E-state index in [1.165, 1.54) is 17.0 Å². The fraction of sp³-hybridized carbons (Fsp3) is 0.333. The van der Waals surface area contributed by atoms with Gasteiger partial charge in [-0.05, 0) is 70.0 Å². The Hall–Kier alpha value is -3.07. The number of hydrogen-bond donors (Lipinski definition) is 1. The van der Waals surface area contributed by atoms with Crippen molar-refractivity contribution in [3.63, 3.8) is 0 Å². The summed E-state index contributed by atoms with van der Waals surface area (Å²) in [6.45, 7) is 8.40. The van der Waals surface area contributed by atoms with Gasteiger partial charge in [0.1, 0.15) is 12.6 Å². The third-order valence-electron chi connectivity index (χ3n) is 6.52. The molecular formula is C30H35Cl2N3O4S. The van der Waals surface area contributed by atoms with Crippen LogP contribution in [-0.2, 0) is 32.6 Å². The number of nitrogens with one attached hydrogen (secondary N) is 1. The lowest BCUT2D eigenvalue weighted by atomic mass is 10.1. The van der Waals surface area contributed by atoms with Gasteiger partial charge in [0.25, 0.3) is 10.0 Å². The molecule has 0 aliphatic rings. The Morgan fingerprint density at radius 2 is 1.50 bits per heavy atom. The molecular weight excluding hydrogens is 569 g/mol. The van der Waals surface area contributed by atoms with Crippen LogP contribution in [0.1, 0.15) is 44.4 Å². The third-order valence-corrected chi connectivity index (χ3v) is 9.00. The first-order valence-corrected chi connectivity index (χ1v) is 15.3. The fourth-order valence-electron chi connectivity index (χ4n) is 4.25. The maximum Gasteiger partial charge on any atom is 0.264 e. The number of carbonyl (C=O) groups is 2. The molecule has 0 aliphatic carbocycles. The van der Waals surface area contributed by atoms with Crippen molar-refractivity contribution < 1.29 is 18.0 Å². The highest BCUT2D eigenvalue weighted by molar-refractivity contribution is 7.92. The van der Waals surface area contributed by atoms with Crippen LogP contribution in [0.2, 0.25) is 10.0 Å². The lowest BCUT2D eigenvalue weighted by Gasteiger charge is -2.33. The van der Waals surface area contributed by atoms with Crippen molar-refractivity contribution in [2.75, 3.05) is 10.8 Å². The summed E-state index contributed by atoms with van der Waals surface area (Å²) in [4.78, 5) is 28.5. The Balaban J connectivity index is 2.11. The van der Waals surface area contributed by atoms with Gasteiger partial charge in [0.05, 0.1) is 10.6 Å². The summed E-state index contributed by atoms with van der Waals surface area (Å²) in [5.41, 5.74) is 2.53. The molecule has 0 saturated carbocycles. The quantitative estimate of drug-likeness (QED) is 0.291. The van der Waals surface area contributed by atoms with E-state index in [1.54, 1.807) is 49.4 Å². The van der Waals surface area contributed by atoms with E-state index in [0.717, 1.165) is 15.4 Å². The number of anilines is 1. The highest BCUT2D eigenvalue weighted by atomic mass is 35.5. The van der Waals surface area contributed by atoms with Crippen molar-refractivity contribution in [3.05, 3.63) is 93.5 Å². The van der Waals surface area contributed by atoms with Crippen molar-refractivity contribution in [1.29, 1.82) is 0 Å². The number of carbonyl (C=O) groups excluding carboxylic acids is 2. The van der Waals surface area contributed by atoms with Crippen LogP contribution in [0.4, 0.5) is 5.69 Å². The summed E-state index contributed by atoms with van der Waals surface area (Å²) in [5, 5.41) is 3.50. The normalized spacial score (nSPS) is 12.2. The van der Waals surface area contributed by atoms with Crippen LogP contribution in [-0.4, -0.2) is 43.8 Å². The number of benzene rings is 3. The zero-order chi connectivity index (χ0) is 29.6. The number of halogens is 2. The molecule has 0 spiro atoms. The summed E-state index contributed by atoms with van der Waals surface area (Å²) >= 11 is 12.8. The van der Waals surface area contributed by atoms with Crippen molar-refractivity contribution in [1.82, 2.24) is 10.2 Å². The van der Waals surface area contributed by atoms with Crippen LogP contribution in [0.3, 0.4) is 0 Å². The standard InChI is InChI=1S/C30H35Cl2N3O4S/c1-6-23-10-7-8-13-28(23)35(40(38,39)24-16-14-21(4)15-17-24)19-29(36)34(22(5)30(37)33-20(2)3)18-25-26(31)11-9-12-27(25)32/h7-17,20,22H,6,18-19H2,1-5H3,(H,33,37)/t22-/m1/s1. The third kappa shape index (κ3) is 7.36. The van der Waals surface area contributed by atoms with Crippen molar-refractivity contribution in [2.24, 2.45) is 0 Å². The minimum absolute atomic E-state index is 0.0584. The summed E-state index contributed by atoms with van der Waals surface area (Å²) < 4.78 is 29.2. The molecule has 0 bridgehead atoms. The lowest BCUT2D eigenvalue weighted by Crippen LogP contribution is -2.52. The van der Waals surface area contributed by atoms with Gasteiger partial charge in [0, 0.05) is 28.2 Å². The first-order valence-electron chi connectivity index (χ1n) is 13.1. The Morgan fingerprint density at radius 3 is 2.08 bits per heavy atom. The Kier molecular flexibility index (Phi) is 10.6. The minimum Gasteiger partial charge on any atom is -0.352 e. The van der Waals surface area contributed by atoms with Gasteiger partial charge in [-0.1, -0.05) is 72.1 Å². The first-order chi connectivity index (χ1) is 18.9. The number of aryl methyl sites for hydroxylation is 2. The van der Waals surface area contributed by atoms with E-state index >= 15 is 0 Å². The molecule has 10 heteroatoms. The number of para-hydroxylation sites is 1. The van der Waals surface area contributed by atoms with Crippen molar-refractivity contribution in [3.8, 4) is 0 Å². The Morgan fingerprint density at radius 1 is 0.900 bits per heavy atom. The van der Waals surface area contributed by atoms with Crippen LogP contribution >= 0.6 is 23.2 Å². The molecule has 214 valence electrons. The van der Waals surface area contributed by atoms with E-state index in [2.05, 4.69) is 5.32 Å². The zero-order valence-electron chi connectivity index (χ0n) is 23.3. The number of rotatable bonds is 11. The summed E-state index contributed by atoms with van der Waals surface area (Å²) in [6.07, 6.45) is 0.552. The second-order valence-corrected chi connectivity index (χ2v) is 12.5. The van der Waals surface area contributed by atoms with Gasteiger partial charge in [-0.15, -0.1) is 0 Å². The van der Waals surface area contributed by atoms with Gasteiger partial charge >= 0.3 is 0 Å². The average molecular weight is 605 g/mol. The highest BCUT2D eigenvalue weighted by Gasteiger charge is 2.34. The van der Waals surface area contributed by atoms with E-state index in [4.69, 9.17) is 23.2 Å². The van der Waals surface area contributed by atoms with Gasteiger partial charge in [0.15, 0.2) is 0 Å². The minimum atomic E-state index is -4.15.